The quantitative estimate of drug-likeness (QED) is 0.0430. The second-order valence-electron chi connectivity index (χ2n) is 16.5. The molecule has 0 aliphatic rings. The lowest BCUT2D eigenvalue weighted by Gasteiger charge is -2.22. The highest BCUT2D eigenvalue weighted by Crippen LogP contribution is 2.16. The Bertz CT molecular complexity index is 765. The van der Waals surface area contributed by atoms with Crippen molar-refractivity contribution in [2.45, 2.75) is 276 Å². The molecule has 4 nitrogen and oxygen atoms in total. The van der Waals surface area contributed by atoms with E-state index in [9.17, 15) is 15.0 Å². The molecule has 53 heavy (non-hydrogen) atoms. The number of unbranched alkanes of at least 4 members (excludes halogenated alkanes) is 33. The maximum atomic E-state index is 12.4. The van der Waals surface area contributed by atoms with Gasteiger partial charge in [-0.15, -0.1) is 0 Å². The molecule has 0 aromatic rings. The predicted molar refractivity (Wildman–Crippen MR) is 235 cm³/mol. The zero-order valence-corrected chi connectivity index (χ0v) is 36.1. The minimum absolute atomic E-state index is 0.0290. The van der Waals surface area contributed by atoms with Crippen LogP contribution in [0.1, 0.15) is 264 Å². The summed E-state index contributed by atoms with van der Waals surface area (Å²) < 4.78 is 0. The Morgan fingerprint density at radius 3 is 1.13 bits per heavy atom. The highest BCUT2D eigenvalue weighted by molar-refractivity contribution is 5.76. The monoisotopic (exact) mass is 746 g/mol. The van der Waals surface area contributed by atoms with Crippen molar-refractivity contribution in [3.8, 4) is 0 Å². The number of hydrogen-bond acceptors (Lipinski definition) is 3. The van der Waals surface area contributed by atoms with Crippen LogP contribution in [0.4, 0.5) is 0 Å². The van der Waals surface area contributed by atoms with Gasteiger partial charge in [-0.05, 0) is 44.9 Å². The van der Waals surface area contributed by atoms with Crippen LogP contribution >= 0.6 is 0 Å². The summed E-state index contributed by atoms with van der Waals surface area (Å²) in [7, 11) is 0. The number of amides is 1. The van der Waals surface area contributed by atoms with Crippen molar-refractivity contribution in [3.05, 3.63) is 24.3 Å². The molecule has 0 aliphatic heterocycles. The number of carbonyl (C=O) groups is 1. The Morgan fingerprint density at radius 2 is 0.774 bits per heavy atom. The van der Waals surface area contributed by atoms with Gasteiger partial charge in [-0.25, -0.2) is 0 Å². The minimum atomic E-state index is -0.656. The number of nitrogens with one attached hydrogen (secondary N) is 1. The summed E-state index contributed by atoms with van der Waals surface area (Å²) in [5, 5.41) is 23.2. The van der Waals surface area contributed by atoms with Gasteiger partial charge in [-0.3, -0.25) is 4.79 Å². The standard InChI is InChI=1S/C49H95NO3/c1-3-5-7-9-11-13-15-17-19-20-21-22-23-24-25-26-27-28-29-30-31-33-35-37-39-41-43-45-49(53)50-47(46-51)48(52)44-42-40-38-36-34-32-18-16-14-12-10-8-6-4-2/h15,17,20-21,47-48,51-52H,3-14,16,18-19,22-46H2,1-2H3,(H,50,53)/b17-15-,21-20-. The van der Waals surface area contributed by atoms with Gasteiger partial charge < -0.3 is 15.5 Å². The Hall–Kier alpha value is -1.13. The lowest BCUT2D eigenvalue weighted by Crippen LogP contribution is -2.45. The number of rotatable bonds is 44. The van der Waals surface area contributed by atoms with Crippen LogP contribution in [0.5, 0.6) is 0 Å². The molecule has 0 saturated heterocycles. The van der Waals surface area contributed by atoms with E-state index in [2.05, 4.69) is 43.5 Å². The van der Waals surface area contributed by atoms with Crippen LogP contribution in [0, 0.1) is 0 Å². The maximum absolute atomic E-state index is 12.4. The average Bonchev–Trinajstić information content (AvgIpc) is 3.16. The van der Waals surface area contributed by atoms with E-state index >= 15 is 0 Å². The van der Waals surface area contributed by atoms with E-state index in [1.165, 1.54) is 205 Å². The van der Waals surface area contributed by atoms with Gasteiger partial charge in [-0.1, -0.05) is 237 Å². The molecule has 314 valence electrons. The van der Waals surface area contributed by atoms with Gasteiger partial charge in [0.25, 0.3) is 0 Å². The number of allylic oxidation sites excluding steroid dienone is 4. The summed E-state index contributed by atoms with van der Waals surface area (Å²) in [5.41, 5.74) is 0. The third-order valence-electron chi connectivity index (χ3n) is 11.2. The van der Waals surface area contributed by atoms with Gasteiger partial charge in [0.05, 0.1) is 18.8 Å². The Kier molecular flexibility index (Phi) is 44.3. The first-order valence-electron chi connectivity index (χ1n) is 24.0. The molecule has 0 aromatic carbocycles. The molecule has 1 amide bonds. The van der Waals surface area contributed by atoms with E-state index in [1.807, 2.05) is 0 Å². The summed E-state index contributed by atoms with van der Waals surface area (Å²) in [6.45, 7) is 4.36. The molecule has 0 fully saturated rings. The molecular weight excluding hydrogens is 651 g/mol. The van der Waals surface area contributed by atoms with Crippen molar-refractivity contribution in [1.82, 2.24) is 5.32 Å². The molecule has 2 unspecified atom stereocenters. The third-order valence-corrected chi connectivity index (χ3v) is 11.2. The molecule has 0 rings (SSSR count). The first-order chi connectivity index (χ1) is 26.2. The molecule has 0 saturated carbocycles. The van der Waals surface area contributed by atoms with E-state index in [0.717, 1.165) is 32.1 Å². The molecule has 0 bridgehead atoms. The van der Waals surface area contributed by atoms with Crippen LogP contribution in [0.3, 0.4) is 0 Å². The average molecular weight is 746 g/mol. The van der Waals surface area contributed by atoms with E-state index in [0.29, 0.717) is 12.8 Å². The molecular formula is C49H95NO3. The molecule has 0 radical (unpaired) electrons. The van der Waals surface area contributed by atoms with Crippen molar-refractivity contribution < 1.29 is 15.0 Å². The lowest BCUT2D eigenvalue weighted by molar-refractivity contribution is -0.123. The van der Waals surface area contributed by atoms with Crippen molar-refractivity contribution in [2.24, 2.45) is 0 Å². The zero-order chi connectivity index (χ0) is 38.6. The minimum Gasteiger partial charge on any atom is -0.394 e. The van der Waals surface area contributed by atoms with Crippen LogP contribution in [0.25, 0.3) is 0 Å². The number of aliphatic hydroxyl groups excluding tert-OH is 2. The second-order valence-corrected chi connectivity index (χ2v) is 16.5. The maximum Gasteiger partial charge on any atom is 0.220 e. The summed E-state index contributed by atoms with van der Waals surface area (Å²) >= 11 is 0. The lowest BCUT2D eigenvalue weighted by atomic mass is 10.0. The molecule has 3 N–H and O–H groups in total. The summed E-state index contributed by atoms with van der Waals surface area (Å²) in [5.74, 6) is -0.0290. The van der Waals surface area contributed by atoms with Gasteiger partial charge >= 0.3 is 0 Å². The smallest absolute Gasteiger partial charge is 0.220 e. The van der Waals surface area contributed by atoms with Crippen molar-refractivity contribution in [2.75, 3.05) is 6.61 Å². The fraction of sp³-hybridized carbons (Fsp3) is 0.898. The van der Waals surface area contributed by atoms with Gasteiger partial charge in [0.1, 0.15) is 0 Å². The molecule has 0 heterocycles. The first kappa shape index (κ1) is 51.9. The van der Waals surface area contributed by atoms with Crippen LogP contribution in [0.2, 0.25) is 0 Å². The Balaban J connectivity index is 3.45. The zero-order valence-electron chi connectivity index (χ0n) is 36.1. The highest BCUT2D eigenvalue weighted by Gasteiger charge is 2.20. The van der Waals surface area contributed by atoms with E-state index < -0.39 is 12.1 Å². The predicted octanol–water partition coefficient (Wildman–Crippen LogP) is 15.2. The van der Waals surface area contributed by atoms with Gasteiger partial charge in [0.2, 0.25) is 5.91 Å². The fourth-order valence-electron chi connectivity index (χ4n) is 7.51. The van der Waals surface area contributed by atoms with E-state index in [-0.39, 0.29) is 12.5 Å². The Morgan fingerprint density at radius 1 is 0.453 bits per heavy atom. The SMILES string of the molecule is CCCCCCC/C=C\C/C=C\CCCCCCCCCCCCCCCCCC(=O)NC(CO)C(O)CCCCCCCCCCCCCCCC. The van der Waals surface area contributed by atoms with E-state index in [4.69, 9.17) is 0 Å². The molecule has 0 aliphatic carbocycles. The molecule has 0 spiro atoms. The number of carbonyl (C=O) groups excluding carboxylic acids is 1. The van der Waals surface area contributed by atoms with Gasteiger partial charge in [0.15, 0.2) is 0 Å². The number of hydrogen-bond donors (Lipinski definition) is 3. The van der Waals surface area contributed by atoms with Crippen LogP contribution in [-0.2, 0) is 4.79 Å². The molecule has 4 heteroatoms. The van der Waals surface area contributed by atoms with Crippen LogP contribution in [-0.4, -0.2) is 34.9 Å². The van der Waals surface area contributed by atoms with Crippen molar-refractivity contribution >= 4 is 5.91 Å². The first-order valence-corrected chi connectivity index (χ1v) is 24.0. The van der Waals surface area contributed by atoms with Crippen molar-refractivity contribution in [3.63, 3.8) is 0 Å². The van der Waals surface area contributed by atoms with Crippen LogP contribution < -0.4 is 5.32 Å². The highest BCUT2D eigenvalue weighted by atomic mass is 16.3. The second kappa shape index (κ2) is 45.3. The largest absolute Gasteiger partial charge is 0.394 e. The van der Waals surface area contributed by atoms with E-state index in [1.54, 1.807) is 0 Å². The fourth-order valence-corrected chi connectivity index (χ4v) is 7.51. The summed E-state index contributed by atoms with van der Waals surface area (Å²) in [6, 6.07) is -0.533. The van der Waals surface area contributed by atoms with Gasteiger partial charge in [0, 0.05) is 6.42 Å². The topological polar surface area (TPSA) is 69.6 Å². The molecule has 0 aromatic heterocycles. The van der Waals surface area contributed by atoms with Crippen LogP contribution in [0.15, 0.2) is 24.3 Å². The normalized spacial score (nSPS) is 13.1. The van der Waals surface area contributed by atoms with Crippen molar-refractivity contribution in [1.29, 1.82) is 0 Å². The van der Waals surface area contributed by atoms with Gasteiger partial charge in [-0.2, -0.15) is 0 Å². The number of aliphatic hydroxyl groups is 2. The third kappa shape index (κ3) is 41.9. The Labute approximate surface area is 332 Å². The summed E-state index contributed by atoms with van der Waals surface area (Å²) in [6.07, 6.45) is 58.4. The summed E-state index contributed by atoms with van der Waals surface area (Å²) in [4.78, 5) is 12.4. The molecule has 2 atom stereocenters.